The molecule has 4 N–H and O–H groups in total. The average molecular weight is 520 g/mol. The Balaban J connectivity index is 2.52. The van der Waals surface area contributed by atoms with Crippen LogP contribution in [0.2, 0.25) is 5.02 Å². The number of rotatable bonds is 5. The van der Waals surface area contributed by atoms with Crippen molar-refractivity contribution in [2.45, 2.75) is 10.8 Å². The van der Waals surface area contributed by atoms with Crippen LogP contribution in [0, 0.1) is 11.3 Å². The summed E-state index contributed by atoms with van der Waals surface area (Å²) < 4.78 is 42.9. The molecular weight excluding hydrogens is 502 g/mol. The number of methoxy groups -OCH3 is 2. The highest BCUT2D eigenvalue weighted by molar-refractivity contribution is 7.86. The fourth-order valence-electron chi connectivity index (χ4n) is 3.69. The van der Waals surface area contributed by atoms with Gasteiger partial charge in [-0.25, -0.2) is 9.59 Å². The monoisotopic (exact) mass is 519 g/mol. The predicted molar refractivity (Wildman–Crippen MR) is 122 cm³/mol. The van der Waals surface area contributed by atoms with Crippen molar-refractivity contribution in [3.05, 3.63) is 75.7 Å². The molecule has 0 aromatic heterocycles. The lowest BCUT2D eigenvalue weighted by molar-refractivity contribution is -0.139. The highest BCUT2D eigenvalue weighted by atomic mass is 35.5. The van der Waals surface area contributed by atoms with Gasteiger partial charge < -0.3 is 20.3 Å². The smallest absolute Gasteiger partial charge is 0.355 e. The van der Waals surface area contributed by atoms with Crippen molar-refractivity contribution in [3.8, 4) is 11.8 Å². The first-order valence-corrected chi connectivity index (χ1v) is 11.4. The lowest BCUT2D eigenvalue weighted by atomic mass is 9.81. The summed E-state index contributed by atoms with van der Waals surface area (Å²) in [7, 11) is -2.92. The van der Waals surface area contributed by atoms with E-state index >= 15 is 0 Å². The van der Waals surface area contributed by atoms with Crippen molar-refractivity contribution in [2.75, 3.05) is 19.1 Å². The van der Waals surface area contributed by atoms with Crippen LogP contribution in [0.4, 0.5) is 5.69 Å². The molecule has 1 aliphatic rings. The molecule has 182 valence electrons. The maximum absolute atomic E-state index is 13.0. The Morgan fingerprint density at radius 3 is 2.26 bits per heavy atom. The zero-order valence-electron chi connectivity index (χ0n) is 18.2. The standard InChI is InChI=1S/C22H18ClN3O8S/c1-33-21(28)17-16(11-6-4-3-5-7-11)13(10-24)20(25)26(18(17)22(29)34-2)14-8-12(23)9-15(19(14)27)35(30,31)32/h3-9,16,27H,25H2,1-2H3,(H,30,31,32). The largest absolute Gasteiger partial charge is 0.504 e. The number of hydrogen-bond acceptors (Lipinski definition) is 10. The minimum Gasteiger partial charge on any atom is -0.504 e. The molecule has 0 fully saturated rings. The van der Waals surface area contributed by atoms with Gasteiger partial charge in [0.1, 0.15) is 16.4 Å². The first-order chi connectivity index (χ1) is 16.5. The molecule has 2 aromatic carbocycles. The molecule has 0 bridgehead atoms. The number of ether oxygens (including phenoxy) is 2. The topological polar surface area (TPSA) is 180 Å². The maximum atomic E-state index is 13.0. The lowest BCUT2D eigenvalue weighted by Gasteiger charge is -2.36. The molecule has 11 nitrogen and oxygen atoms in total. The molecule has 0 saturated heterocycles. The summed E-state index contributed by atoms with van der Waals surface area (Å²) >= 11 is 6.02. The van der Waals surface area contributed by atoms with E-state index in [1.807, 2.05) is 6.07 Å². The van der Waals surface area contributed by atoms with E-state index in [0.717, 1.165) is 31.3 Å². The molecule has 1 aliphatic heterocycles. The summed E-state index contributed by atoms with van der Waals surface area (Å²) in [6.45, 7) is 0. The van der Waals surface area contributed by atoms with Crippen LogP contribution in [0.3, 0.4) is 0 Å². The van der Waals surface area contributed by atoms with Crippen molar-refractivity contribution in [2.24, 2.45) is 5.73 Å². The van der Waals surface area contributed by atoms with Gasteiger partial charge in [0.05, 0.1) is 43.0 Å². The number of carbonyl (C=O) groups excluding carboxylic acids is 2. The summed E-state index contributed by atoms with van der Waals surface area (Å²) in [4.78, 5) is 25.8. The number of carbonyl (C=O) groups is 2. The second-order valence-corrected chi connectivity index (χ2v) is 8.91. The molecule has 0 radical (unpaired) electrons. The van der Waals surface area contributed by atoms with Crippen molar-refractivity contribution in [1.82, 2.24) is 0 Å². The number of esters is 2. The van der Waals surface area contributed by atoms with E-state index in [2.05, 4.69) is 0 Å². The number of allylic oxidation sites excluding steroid dienone is 1. The minimum absolute atomic E-state index is 0.225. The number of phenolic OH excluding ortho intramolecular Hbond substituents is 1. The van der Waals surface area contributed by atoms with Crippen molar-refractivity contribution >= 4 is 39.3 Å². The summed E-state index contributed by atoms with van der Waals surface area (Å²) in [6.07, 6.45) is 0. The number of halogens is 1. The second-order valence-electron chi connectivity index (χ2n) is 7.08. The minimum atomic E-state index is -4.99. The summed E-state index contributed by atoms with van der Waals surface area (Å²) in [5.74, 6) is -4.82. The molecule has 1 atom stereocenters. The van der Waals surface area contributed by atoms with Gasteiger partial charge in [0.25, 0.3) is 10.1 Å². The zero-order chi connectivity index (χ0) is 26.1. The third kappa shape index (κ3) is 4.52. The molecule has 1 heterocycles. The van der Waals surface area contributed by atoms with Gasteiger partial charge in [-0.3, -0.25) is 9.45 Å². The van der Waals surface area contributed by atoms with Crippen LogP contribution >= 0.6 is 11.6 Å². The second kappa shape index (κ2) is 9.67. The van der Waals surface area contributed by atoms with Crippen LogP contribution in [0.25, 0.3) is 0 Å². The van der Waals surface area contributed by atoms with E-state index in [1.54, 1.807) is 30.3 Å². The Hall–Kier alpha value is -4.05. The summed E-state index contributed by atoms with van der Waals surface area (Å²) in [6, 6.07) is 11.9. The van der Waals surface area contributed by atoms with Crippen LogP contribution in [-0.4, -0.2) is 44.2 Å². The number of nitriles is 1. The first-order valence-electron chi connectivity index (χ1n) is 9.63. The highest BCUT2D eigenvalue weighted by Crippen LogP contribution is 2.47. The maximum Gasteiger partial charge on any atom is 0.355 e. The number of anilines is 1. The molecule has 2 aromatic rings. The van der Waals surface area contributed by atoms with Crippen LogP contribution < -0.4 is 10.6 Å². The van der Waals surface area contributed by atoms with Gasteiger partial charge in [0.15, 0.2) is 5.75 Å². The van der Waals surface area contributed by atoms with Crippen LogP contribution in [0.5, 0.6) is 5.75 Å². The zero-order valence-corrected chi connectivity index (χ0v) is 19.8. The quantitative estimate of drug-likeness (QED) is 0.389. The van der Waals surface area contributed by atoms with E-state index in [-0.39, 0.29) is 16.2 Å². The van der Waals surface area contributed by atoms with Crippen LogP contribution in [-0.2, 0) is 29.2 Å². The van der Waals surface area contributed by atoms with E-state index in [0.29, 0.717) is 5.56 Å². The third-order valence-corrected chi connectivity index (χ3v) is 6.23. The number of phenols is 1. The third-order valence-electron chi connectivity index (χ3n) is 5.15. The van der Waals surface area contributed by atoms with Gasteiger partial charge in [-0.2, -0.15) is 13.7 Å². The number of benzene rings is 2. The van der Waals surface area contributed by atoms with Gasteiger partial charge in [-0.1, -0.05) is 41.9 Å². The first kappa shape index (κ1) is 25.6. The Bertz CT molecular complexity index is 1430. The van der Waals surface area contributed by atoms with Crippen molar-refractivity contribution in [3.63, 3.8) is 0 Å². The summed E-state index contributed by atoms with van der Waals surface area (Å²) in [5, 5.41) is 20.4. The Labute approximate surface area is 205 Å². The molecular formula is C22H18ClN3O8S. The Morgan fingerprint density at radius 2 is 1.74 bits per heavy atom. The van der Waals surface area contributed by atoms with Gasteiger partial charge >= 0.3 is 11.9 Å². The van der Waals surface area contributed by atoms with Crippen LogP contribution in [0.15, 0.2) is 70.0 Å². The van der Waals surface area contributed by atoms with E-state index in [4.69, 9.17) is 26.8 Å². The molecule has 35 heavy (non-hydrogen) atoms. The molecule has 1 unspecified atom stereocenters. The normalized spacial score (nSPS) is 16.1. The van der Waals surface area contributed by atoms with Crippen molar-refractivity contribution < 1.29 is 37.1 Å². The van der Waals surface area contributed by atoms with Crippen LogP contribution in [0.1, 0.15) is 11.5 Å². The SMILES string of the molecule is COC(=O)C1=C(C(=O)OC)N(c2cc(Cl)cc(S(=O)(=O)O)c2O)C(N)=C(C#N)C1c1ccccc1. The number of aromatic hydroxyl groups is 1. The molecule has 0 saturated carbocycles. The fraction of sp³-hybridized carbons (Fsp3) is 0.136. The highest BCUT2D eigenvalue weighted by Gasteiger charge is 2.44. The fourth-order valence-corrected chi connectivity index (χ4v) is 4.59. The Kier molecular flexibility index (Phi) is 7.06. The number of nitrogens with zero attached hydrogens (tertiary/aromatic N) is 2. The Morgan fingerprint density at radius 1 is 1.14 bits per heavy atom. The van der Waals surface area contributed by atoms with Gasteiger partial charge in [0.2, 0.25) is 0 Å². The number of nitrogens with two attached hydrogens (primary N) is 1. The summed E-state index contributed by atoms with van der Waals surface area (Å²) in [5.41, 5.74) is 5.00. The lowest BCUT2D eigenvalue weighted by Crippen LogP contribution is -2.40. The predicted octanol–water partition coefficient (Wildman–Crippen LogP) is 2.19. The molecule has 0 spiro atoms. The van der Waals surface area contributed by atoms with Gasteiger partial charge in [-0.15, -0.1) is 0 Å². The van der Waals surface area contributed by atoms with E-state index in [1.165, 1.54) is 0 Å². The van der Waals surface area contributed by atoms with Gasteiger partial charge in [-0.05, 0) is 17.7 Å². The van der Waals surface area contributed by atoms with Crippen molar-refractivity contribution in [1.29, 1.82) is 5.26 Å². The van der Waals surface area contributed by atoms with E-state index < -0.39 is 55.8 Å². The number of hydrogen-bond donors (Lipinski definition) is 3. The molecule has 13 heteroatoms. The van der Waals surface area contributed by atoms with Gasteiger partial charge in [0, 0.05) is 5.02 Å². The van der Waals surface area contributed by atoms with E-state index in [9.17, 15) is 32.9 Å². The molecule has 0 amide bonds. The molecule has 0 aliphatic carbocycles. The molecule has 3 rings (SSSR count). The average Bonchev–Trinajstić information content (AvgIpc) is 2.83.